The highest BCUT2D eigenvalue weighted by Gasteiger charge is 2.33. The van der Waals surface area contributed by atoms with Crippen molar-refractivity contribution in [3.8, 4) is 5.75 Å². The SMILES string of the molecule is C=CC1=C(/C=C\C)N(CC)\C(=C/C=C/C=C/C=C/C2Sc3ccccc3[O+]2CC)S1. The normalized spacial score (nSPS) is 20.9. The third-order valence-corrected chi connectivity index (χ3v) is 7.14. The zero-order chi connectivity index (χ0) is 21.3. The predicted octanol–water partition coefficient (Wildman–Crippen LogP) is 7.96. The van der Waals surface area contributed by atoms with Gasteiger partial charge in [-0.15, -0.1) is 0 Å². The Labute approximate surface area is 189 Å². The third-order valence-electron chi connectivity index (χ3n) is 4.77. The molecule has 2 nitrogen and oxygen atoms in total. The van der Waals surface area contributed by atoms with Crippen molar-refractivity contribution >= 4 is 23.5 Å². The Balaban J connectivity index is 1.58. The van der Waals surface area contributed by atoms with Crippen LogP contribution in [0.5, 0.6) is 5.75 Å². The van der Waals surface area contributed by atoms with Crippen LogP contribution in [0.15, 0.2) is 112 Å². The van der Waals surface area contributed by atoms with Gasteiger partial charge < -0.3 is 9.27 Å². The molecule has 0 saturated carbocycles. The largest absolute Gasteiger partial charge is 0.559 e. The van der Waals surface area contributed by atoms with Crippen LogP contribution < -0.4 is 0 Å². The molecule has 0 fully saturated rings. The summed E-state index contributed by atoms with van der Waals surface area (Å²) >= 11 is 3.65. The lowest BCUT2D eigenvalue weighted by Crippen LogP contribution is -2.15. The Bertz CT molecular complexity index is 936. The molecule has 1 atom stereocenters. The van der Waals surface area contributed by atoms with E-state index in [1.807, 2.05) is 24.8 Å². The highest BCUT2D eigenvalue weighted by molar-refractivity contribution is 8.07. The van der Waals surface area contributed by atoms with E-state index in [1.165, 1.54) is 26.3 Å². The van der Waals surface area contributed by atoms with E-state index in [4.69, 9.17) is 0 Å². The number of para-hydroxylation sites is 1. The molecule has 3 rings (SSSR count). The molecule has 2 heterocycles. The van der Waals surface area contributed by atoms with Gasteiger partial charge in [0.15, 0.2) is 6.61 Å². The molecule has 30 heavy (non-hydrogen) atoms. The van der Waals surface area contributed by atoms with E-state index in [1.54, 1.807) is 11.8 Å². The molecule has 1 unspecified atom stereocenters. The lowest BCUT2D eigenvalue weighted by atomic mass is 10.3. The highest BCUT2D eigenvalue weighted by atomic mass is 32.2. The van der Waals surface area contributed by atoms with Gasteiger partial charge in [-0.25, -0.2) is 0 Å². The summed E-state index contributed by atoms with van der Waals surface area (Å²) in [4.78, 5) is 4.86. The van der Waals surface area contributed by atoms with Crippen LogP contribution in [0.3, 0.4) is 0 Å². The number of hydrogen-bond donors (Lipinski definition) is 0. The zero-order valence-corrected chi connectivity index (χ0v) is 19.6. The van der Waals surface area contributed by atoms with Crippen molar-refractivity contribution in [3.63, 3.8) is 0 Å². The van der Waals surface area contributed by atoms with E-state index in [0.29, 0.717) is 0 Å². The summed E-state index contributed by atoms with van der Waals surface area (Å²) in [6.07, 6.45) is 21.0. The third kappa shape index (κ3) is 5.05. The van der Waals surface area contributed by atoms with Crippen LogP contribution in [0.1, 0.15) is 20.8 Å². The molecule has 0 bridgehead atoms. The van der Waals surface area contributed by atoms with E-state index < -0.39 is 0 Å². The second kappa shape index (κ2) is 11.2. The molecule has 1 aromatic rings. The van der Waals surface area contributed by atoms with Gasteiger partial charge in [-0.2, -0.15) is 0 Å². The maximum atomic E-state index is 3.96. The Morgan fingerprint density at radius 3 is 2.60 bits per heavy atom. The molecule has 0 radical (unpaired) electrons. The molecule has 0 N–H and O–H groups in total. The molecule has 0 aliphatic carbocycles. The van der Waals surface area contributed by atoms with Crippen LogP contribution in [0.2, 0.25) is 0 Å². The molecular weight excluding hydrogens is 406 g/mol. The minimum Gasteiger partial charge on any atom is -0.559 e. The monoisotopic (exact) mass is 436 g/mol. The van der Waals surface area contributed by atoms with Crippen molar-refractivity contribution < 1.29 is 4.37 Å². The van der Waals surface area contributed by atoms with Crippen LogP contribution in [-0.2, 0) is 4.37 Å². The van der Waals surface area contributed by atoms with Crippen LogP contribution in [0.25, 0.3) is 0 Å². The Kier molecular flexibility index (Phi) is 8.35. The topological polar surface area (TPSA) is 5.94 Å². The lowest BCUT2D eigenvalue weighted by Gasteiger charge is -2.22. The van der Waals surface area contributed by atoms with Gasteiger partial charge in [0.05, 0.1) is 10.7 Å². The highest BCUT2D eigenvalue weighted by Crippen LogP contribution is 2.49. The van der Waals surface area contributed by atoms with Crippen molar-refractivity contribution in [1.29, 1.82) is 0 Å². The summed E-state index contributed by atoms with van der Waals surface area (Å²) < 4.78 is 3.35. The predicted molar refractivity (Wildman–Crippen MR) is 135 cm³/mol. The zero-order valence-electron chi connectivity index (χ0n) is 18.0. The van der Waals surface area contributed by atoms with Gasteiger partial charge in [0.2, 0.25) is 0 Å². The number of allylic oxidation sites excluding steroid dienone is 9. The maximum absolute atomic E-state index is 3.96. The van der Waals surface area contributed by atoms with Gasteiger partial charge >= 0.3 is 0 Å². The van der Waals surface area contributed by atoms with Crippen molar-refractivity contribution in [1.82, 2.24) is 4.90 Å². The minimum absolute atomic E-state index is 0.282. The second-order valence-corrected chi connectivity index (χ2v) is 8.81. The van der Waals surface area contributed by atoms with Gasteiger partial charge in [0.25, 0.3) is 11.2 Å². The van der Waals surface area contributed by atoms with Crippen LogP contribution >= 0.6 is 23.5 Å². The first-order valence-electron chi connectivity index (χ1n) is 10.3. The van der Waals surface area contributed by atoms with E-state index >= 15 is 0 Å². The number of fused-ring (bicyclic) bond motifs is 1. The quantitative estimate of drug-likeness (QED) is 0.301. The van der Waals surface area contributed by atoms with E-state index in [9.17, 15) is 0 Å². The number of likely N-dealkylation sites (N-methyl/N-ethyl adjacent to an activating group) is 1. The first-order chi connectivity index (χ1) is 14.7. The maximum Gasteiger partial charge on any atom is 0.270 e. The lowest BCUT2D eigenvalue weighted by molar-refractivity contribution is -0.0407. The molecular formula is C26H30NOS2+. The van der Waals surface area contributed by atoms with Crippen molar-refractivity contribution in [2.75, 3.05) is 13.2 Å². The number of rotatable bonds is 8. The molecule has 0 spiro atoms. The fraction of sp³-hybridized carbons (Fsp3) is 0.231. The summed E-state index contributed by atoms with van der Waals surface area (Å²) in [6.45, 7) is 12.2. The second-order valence-electron chi connectivity index (χ2n) is 6.61. The number of thioether (sulfide) groups is 2. The molecule has 0 amide bonds. The van der Waals surface area contributed by atoms with Crippen LogP contribution in [0.4, 0.5) is 0 Å². The van der Waals surface area contributed by atoms with Gasteiger partial charge in [-0.05, 0) is 43.8 Å². The van der Waals surface area contributed by atoms with Crippen molar-refractivity contribution in [3.05, 3.63) is 107 Å². The molecule has 4 heteroatoms. The van der Waals surface area contributed by atoms with E-state index in [2.05, 4.69) is 109 Å². The van der Waals surface area contributed by atoms with Gasteiger partial charge in [0, 0.05) is 30.5 Å². The fourth-order valence-corrected chi connectivity index (χ4v) is 5.71. The van der Waals surface area contributed by atoms with Gasteiger partial charge in [-0.3, -0.25) is 0 Å². The Morgan fingerprint density at radius 1 is 1.10 bits per heavy atom. The summed E-state index contributed by atoms with van der Waals surface area (Å²) in [7, 11) is 0. The molecule has 156 valence electrons. The summed E-state index contributed by atoms with van der Waals surface area (Å²) in [6, 6.07) is 8.55. The first kappa shape index (κ1) is 22.4. The number of benzene rings is 1. The summed E-state index contributed by atoms with van der Waals surface area (Å²) in [5, 5.41) is 1.23. The van der Waals surface area contributed by atoms with Crippen molar-refractivity contribution in [2.45, 2.75) is 31.1 Å². The Morgan fingerprint density at radius 2 is 1.87 bits per heavy atom. The van der Waals surface area contributed by atoms with Crippen molar-refractivity contribution in [2.24, 2.45) is 0 Å². The standard InChI is InChI=1S/C26H30NOS2/c1-5-16-21-23(6-2)29-25(27(21)7-3)19-12-10-9-11-13-20-26-28(8-4)22-17-14-15-18-24(22)30-26/h5-6,9-20,26H,2,7-8H2,1,3-4H3/q+1/b11-9+,12-10+,16-5-,20-13+,25-19+. The van der Waals surface area contributed by atoms with Crippen LogP contribution in [0, 0.1) is 0 Å². The smallest absolute Gasteiger partial charge is 0.270 e. The van der Waals surface area contributed by atoms with E-state index in [-0.39, 0.29) is 5.44 Å². The van der Waals surface area contributed by atoms with Gasteiger partial charge in [0.1, 0.15) is 4.90 Å². The first-order valence-corrected chi connectivity index (χ1v) is 12.0. The average molecular weight is 437 g/mol. The molecule has 1 aromatic carbocycles. The van der Waals surface area contributed by atoms with E-state index in [0.717, 1.165) is 13.2 Å². The fourth-order valence-electron chi connectivity index (χ4n) is 3.41. The molecule has 2 aliphatic heterocycles. The number of nitrogens with zero attached hydrogens (tertiary/aromatic N) is 1. The molecule has 0 saturated heterocycles. The average Bonchev–Trinajstić information content (AvgIpc) is 3.30. The molecule has 0 aromatic heterocycles. The number of hydrogen-bond acceptors (Lipinski definition) is 3. The summed E-state index contributed by atoms with van der Waals surface area (Å²) in [5.41, 5.74) is 1.51. The van der Waals surface area contributed by atoms with Crippen LogP contribution in [-0.4, -0.2) is 23.5 Å². The summed E-state index contributed by atoms with van der Waals surface area (Å²) in [5.74, 6) is 1.26. The molecule has 2 aliphatic rings. The Hall–Kier alpha value is -2.30. The van der Waals surface area contributed by atoms with Gasteiger partial charge in [-0.1, -0.05) is 73.0 Å². The minimum atomic E-state index is 0.282.